The van der Waals surface area contributed by atoms with Gasteiger partial charge in [0.25, 0.3) is 0 Å². The van der Waals surface area contributed by atoms with E-state index in [2.05, 4.69) is 15.4 Å². The Morgan fingerprint density at radius 2 is 1.74 bits per heavy atom. The van der Waals surface area contributed by atoms with Gasteiger partial charge in [-0.1, -0.05) is 24.3 Å². The van der Waals surface area contributed by atoms with Crippen molar-refractivity contribution in [2.45, 2.75) is 6.54 Å². The van der Waals surface area contributed by atoms with Gasteiger partial charge in [-0.05, 0) is 34.7 Å². The molecule has 0 N–H and O–H groups in total. The highest BCUT2D eigenvalue weighted by Crippen LogP contribution is 2.01. The molecule has 0 aliphatic rings. The van der Waals surface area contributed by atoms with Crippen molar-refractivity contribution < 1.29 is 0 Å². The monoisotopic (exact) mass is 253 g/mol. The van der Waals surface area contributed by atoms with Crippen LogP contribution in [-0.2, 0) is 6.54 Å². The lowest BCUT2D eigenvalue weighted by atomic mass is 10.3. The molecule has 1 aromatic carbocycles. The molecule has 0 aliphatic heterocycles. The maximum Gasteiger partial charge on any atom is 0.368 e. The minimum absolute atomic E-state index is 0.281. The molecule has 0 unspecified atom stereocenters. The van der Waals surface area contributed by atoms with E-state index < -0.39 is 0 Å². The third kappa shape index (κ3) is 2.28. The zero-order valence-electron chi connectivity index (χ0n) is 10.0. The largest absolute Gasteiger partial charge is 0.368 e. The van der Waals surface area contributed by atoms with Crippen molar-refractivity contribution in [2.75, 3.05) is 0 Å². The van der Waals surface area contributed by atoms with E-state index in [0.29, 0.717) is 12.2 Å². The predicted molar refractivity (Wildman–Crippen MR) is 69.0 cm³/mol. The van der Waals surface area contributed by atoms with Crippen LogP contribution in [-0.4, -0.2) is 24.8 Å². The van der Waals surface area contributed by atoms with Crippen molar-refractivity contribution in [2.24, 2.45) is 0 Å². The van der Waals surface area contributed by atoms with E-state index in [1.165, 1.54) is 9.36 Å². The van der Waals surface area contributed by atoms with Gasteiger partial charge in [0.2, 0.25) is 0 Å². The molecule has 6 heteroatoms. The first-order valence-corrected chi connectivity index (χ1v) is 5.83. The Kier molecular flexibility index (Phi) is 2.89. The van der Waals surface area contributed by atoms with Crippen LogP contribution in [0.3, 0.4) is 0 Å². The first kappa shape index (κ1) is 11.3. The van der Waals surface area contributed by atoms with Crippen molar-refractivity contribution in [1.29, 1.82) is 0 Å². The number of para-hydroxylation sites is 1. The maximum absolute atomic E-state index is 12.1. The van der Waals surface area contributed by atoms with Crippen LogP contribution in [0.2, 0.25) is 0 Å². The lowest BCUT2D eigenvalue weighted by molar-refractivity contribution is 0.621. The van der Waals surface area contributed by atoms with Gasteiger partial charge in [-0.3, -0.25) is 4.98 Å². The van der Waals surface area contributed by atoms with E-state index in [1.54, 1.807) is 18.3 Å². The Labute approximate surface area is 108 Å². The highest BCUT2D eigenvalue weighted by atomic mass is 16.2. The van der Waals surface area contributed by atoms with Crippen LogP contribution in [0.15, 0.2) is 59.5 Å². The summed E-state index contributed by atoms with van der Waals surface area (Å²) in [5, 5.41) is 7.74. The van der Waals surface area contributed by atoms with Gasteiger partial charge in [-0.25, -0.2) is 4.79 Å². The zero-order chi connectivity index (χ0) is 13.1. The second-order valence-corrected chi connectivity index (χ2v) is 3.99. The van der Waals surface area contributed by atoms with Gasteiger partial charge in [-0.2, -0.15) is 9.36 Å². The van der Waals surface area contributed by atoms with Crippen LogP contribution in [0, 0.1) is 0 Å². The fraction of sp³-hybridized carbons (Fsp3) is 0.0769. The van der Waals surface area contributed by atoms with E-state index in [1.807, 2.05) is 36.4 Å². The number of pyridine rings is 1. The molecule has 0 amide bonds. The molecule has 0 bridgehead atoms. The fourth-order valence-corrected chi connectivity index (χ4v) is 1.75. The van der Waals surface area contributed by atoms with Crippen LogP contribution in [0.25, 0.3) is 5.69 Å². The summed E-state index contributed by atoms with van der Waals surface area (Å²) in [5.41, 5.74) is 1.18. The van der Waals surface area contributed by atoms with E-state index in [0.717, 1.165) is 5.69 Å². The third-order valence-electron chi connectivity index (χ3n) is 2.68. The molecule has 0 saturated heterocycles. The normalized spacial score (nSPS) is 10.5. The maximum atomic E-state index is 12.1. The van der Waals surface area contributed by atoms with Gasteiger partial charge >= 0.3 is 5.69 Å². The number of tetrazole rings is 1. The molecule has 0 atom stereocenters. The highest BCUT2D eigenvalue weighted by Gasteiger charge is 2.08. The summed E-state index contributed by atoms with van der Waals surface area (Å²) in [6, 6.07) is 14.7. The SMILES string of the molecule is O=c1n(Cc2ccccn2)nnn1-c1ccccc1. The number of hydrogen-bond donors (Lipinski definition) is 0. The van der Waals surface area contributed by atoms with Gasteiger partial charge in [0.05, 0.1) is 17.9 Å². The Balaban J connectivity index is 1.94. The molecule has 19 heavy (non-hydrogen) atoms. The number of aromatic nitrogens is 5. The molecule has 0 fully saturated rings. The molecule has 0 radical (unpaired) electrons. The van der Waals surface area contributed by atoms with Crippen molar-refractivity contribution >= 4 is 0 Å². The summed E-state index contributed by atoms with van der Waals surface area (Å²) in [7, 11) is 0. The standard InChI is InChI=1S/C13H11N5O/c19-13-17(10-11-6-4-5-9-14-11)15-16-18(13)12-7-2-1-3-8-12/h1-9H,10H2. The quantitative estimate of drug-likeness (QED) is 0.694. The smallest absolute Gasteiger partial charge is 0.259 e. The topological polar surface area (TPSA) is 65.6 Å². The number of hydrogen-bond acceptors (Lipinski definition) is 4. The molecule has 2 heterocycles. The average molecular weight is 253 g/mol. The second-order valence-electron chi connectivity index (χ2n) is 3.99. The molecule has 3 rings (SSSR count). The van der Waals surface area contributed by atoms with Crippen LogP contribution in [0.4, 0.5) is 0 Å². The molecule has 0 saturated carbocycles. The highest BCUT2D eigenvalue weighted by molar-refractivity contribution is 5.28. The number of rotatable bonds is 3. The zero-order valence-corrected chi connectivity index (χ0v) is 10.0. The molecular formula is C13H11N5O. The summed E-state index contributed by atoms with van der Waals surface area (Å²) in [6.07, 6.45) is 1.68. The summed E-state index contributed by atoms with van der Waals surface area (Å²) in [6.45, 7) is 0.312. The molecule has 0 spiro atoms. The van der Waals surface area contributed by atoms with Crippen molar-refractivity contribution in [3.63, 3.8) is 0 Å². The van der Waals surface area contributed by atoms with Crippen molar-refractivity contribution in [3.05, 3.63) is 70.9 Å². The minimum Gasteiger partial charge on any atom is -0.259 e. The molecule has 3 aromatic rings. The Bertz CT molecular complexity index is 718. The fourth-order valence-electron chi connectivity index (χ4n) is 1.75. The summed E-state index contributed by atoms with van der Waals surface area (Å²) in [5.74, 6) is 0. The Morgan fingerprint density at radius 3 is 2.47 bits per heavy atom. The predicted octanol–water partition coefficient (Wildman–Crippen LogP) is 0.872. The first-order chi connectivity index (χ1) is 9.34. The third-order valence-corrected chi connectivity index (χ3v) is 2.68. The van der Waals surface area contributed by atoms with Gasteiger partial charge in [0.1, 0.15) is 0 Å². The number of nitrogens with zero attached hydrogens (tertiary/aromatic N) is 5. The molecular weight excluding hydrogens is 242 g/mol. The summed E-state index contributed by atoms with van der Waals surface area (Å²) >= 11 is 0. The lowest BCUT2D eigenvalue weighted by Crippen LogP contribution is -2.25. The van der Waals surface area contributed by atoms with E-state index >= 15 is 0 Å². The Hall–Kier alpha value is -2.76. The van der Waals surface area contributed by atoms with E-state index in [4.69, 9.17) is 0 Å². The van der Waals surface area contributed by atoms with Crippen LogP contribution in [0.1, 0.15) is 5.69 Å². The van der Waals surface area contributed by atoms with Gasteiger partial charge in [0, 0.05) is 6.20 Å². The van der Waals surface area contributed by atoms with Crippen LogP contribution < -0.4 is 5.69 Å². The Morgan fingerprint density at radius 1 is 0.947 bits per heavy atom. The molecule has 0 aliphatic carbocycles. The summed E-state index contributed by atoms with van der Waals surface area (Å²) in [4.78, 5) is 16.3. The van der Waals surface area contributed by atoms with Crippen LogP contribution >= 0.6 is 0 Å². The molecule has 94 valence electrons. The van der Waals surface area contributed by atoms with Gasteiger partial charge in [-0.15, -0.1) is 0 Å². The minimum atomic E-state index is -0.281. The van der Waals surface area contributed by atoms with E-state index in [9.17, 15) is 4.79 Å². The van der Waals surface area contributed by atoms with Crippen molar-refractivity contribution in [3.8, 4) is 5.69 Å². The van der Waals surface area contributed by atoms with Crippen molar-refractivity contribution in [1.82, 2.24) is 24.8 Å². The second kappa shape index (κ2) is 4.85. The number of benzene rings is 1. The summed E-state index contributed by atoms with van der Waals surface area (Å²) < 4.78 is 2.55. The first-order valence-electron chi connectivity index (χ1n) is 5.83. The van der Waals surface area contributed by atoms with E-state index in [-0.39, 0.29) is 5.69 Å². The van der Waals surface area contributed by atoms with Gasteiger partial charge < -0.3 is 0 Å². The molecule has 2 aromatic heterocycles. The average Bonchev–Trinajstić information content (AvgIpc) is 2.82. The van der Waals surface area contributed by atoms with Crippen LogP contribution in [0.5, 0.6) is 0 Å². The van der Waals surface area contributed by atoms with Gasteiger partial charge in [0.15, 0.2) is 0 Å². The molecule has 6 nitrogen and oxygen atoms in total. The lowest BCUT2D eigenvalue weighted by Gasteiger charge is -1.98.